The van der Waals surface area contributed by atoms with Crippen LogP contribution < -0.4 is 0 Å². The number of benzene rings is 15. The minimum atomic E-state index is 0.950. The molecule has 0 saturated heterocycles. The number of fused-ring (bicyclic) bond motifs is 7. The number of para-hydroxylation sites is 1. The monoisotopic (exact) mass is 1320 g/mol. The minimum absolute atomic E-state index is 0.950. The predicted octanol–water partition coefficient (Wildman–Crippen LogP) is 26.7. The van der Waals surface area contributed by atoms with E-state index in [1.165, 1.54) is 83.1 Å². The standard InChI is InChI=1S/C52H34N2.C48H32N2/c1-3-11-35(12-4-1)37-19-23-40(24-20-37)47-33-49-48(41-27-25-39(26-28-41)43-31-32-53-50-18-10-9-16-45(43)50)34-51(54-52(49)46-17-8-7-15-44(46)47)42-29-21-38(22-30-42)36-13-5-2-6-14-36;1-3-9-33(10-4-1)35-15-21-39(22-16-35)44-31-46-45(40-23-17-37(18-24-40)38-27-29-49-30-28-38)32-47(50-48(46)43-14-8-7-13-42(43)44)41-25-19-36(20-26-41)34-11-5-2-6-12-34/h1-34H;1-32H. The summed E-state index contributed by atoms with van der Waals surface area (Å²) >= 11 is 0. The van der Waals surface area contributed by atoms with Crippen molar-refractivity contribution in [1.29, 1.82) is 0 Å². The molecule has 0 saturated carbocycles. The highest BCUT2D eigenvalue weighted by Crippen LogP contribution is 2.45. The zero-order valence-corrected chi connectivity index (χ0v) is 56.9. The summed E-state index contributed by atoms with van der Waals surface area (Å²) in [6, 6.07) is 137. The van der Waals surface area contributed by atoms with Gasteiger partial charge >= 0.3 is 0 Å². The topological polar surface area (TPSA) is 51.6 Å². The summed E-state index contributed by atoms with van der Waals surface area (Å²) in [4.78, 5) is 19.7. The van der Waals surface area contributed by atoms with Crippen LogP contribution in [0.25, 0.3) is 188 Å². The van der Waals surface area contributed by atoms with E-state index in [1.54, 1.807) is 0 Å². The highest BCUT2D eigenvalue weighted by Gasteiger charge is 2.20. The van der Waals surface area contributed by atoms with Crippen molar-refractivity contribution in [2.75, 3.05) is 0 Å². The molecule has 0 amide bonds. The lowest BCUT2D eigenvalue weighted by molar-refractivity contribution is 1.33. The number of hydrogen-bond donors (Lipinski definition) is 0. The molecule has 104 heavy (non-hydrogen) atoms. The Balaban J connectivity index is 0.000000149. The van der Waals surface area contributed by atoms with Crippen LogP contribution in [0, 0.1) is 0 Å². The molecule has 19 rings (SSSR count). The van der Waals surface area contributed by atoms with E-state index in [0.29, 0.717) is 0 Å². The van der Waals surface area contributed by atoms with Crippen LogP contribution in [-0.2, 0) is 0 Å². The lowest BCUT2D eigenvalue weighted by Gasteiger charge is -2.16. The van der Waals surface area contributed by atoms with Crippen molar-refractivity contribution >= 4 is 54.3 Å². The Kier molecular flexibility index (Phi) is 16.6. The zero-order chi connectivity index (χ0) is 69.1. The lowest BCUT2D eigenvalue weighted by Crippen LogP contribution is -1.94. The molecular weight excluding hydrogens is 1260 g/mol. The normalized spacial score (nSPS) is 11.3. The third-order valence-electron chi connectivity index (χ3n) is 20.2. The minimum Gasteiger partial charge on any atom is -0.265 e. The van der Waals surface area contributed by atoms with Gasteiger partial charge in [0, 0.05) is 56.6 Å². The first-order valence-electron chi connectivity index (χ1n) is 35.4. The van der Waals surface area contributed by atoms with Crippen LogP contribution in [0.1, 0.15) is 0 Å². The second kappa shape index (κ2) is 27.7. The van der Waals surface area contributed by atoms with E-state index in [9.17, 15) is 0 Å². The van der Waals surface area contributed by atoms with E-state index < -0.39 is 0 Å². The zero-order valence-electron chi connectivity index (χ0n) is 56.9. The first-order valence-corrected chi connectivity index (χ1v) is 35.4. The Hall–Kier alpha value is -13.8. The molecule has 0 unspecified atom stereocenters. The van der Waals surface area contributed by atoms with Gasteiger partial charge in [-0.25, -0.2) is 9.97 Å². The molecule has 486 valence electrons. The maximum atomic E-state index is 5.44. The molecule has 0 N–H and O–H groups in total. The van der Waals surface area contributed by atoms with Gasteiger partial charge in [0.2, 0.25) is 0 Å². The Morgan fingerprint density at radius 3 is 0.769 bits per heavy atom. The van der Waals surface area contributed by atoms with Crippen LogP contribution in [0.15, 0.2) is 401 Å². The van der Waals surface area contributed by atoms with Crippen molar-refractivity contribution < 1.29 is 0 Å². The summed E-state index contributed by atoms with van der Waals surface area (Å²) in [5, 5.41) is 8.07. The SMILES string of the molecule is c1ccc(-c2ccc(-c3cc(-c4ccc(-c5ccnc6ccccc56)cc4)c4cc(-c5ccc(-c6ccccc6)cc5)c5ccccc5c4n3)cc2)cc1.c1ccc(-c2ccc(-c3cc(-c4ccc(-c5ccncc5)cc4)c4cc(-c5ccc(-c6ccccc6)cc5)c5ccccc5c4n3)cc2)cc1. The molecule has 0 atom stereocenters. The van der Waals surface area contributed by atoms with Crippen molar-refractivity contribution in [3.63, 3.8) is 0 Å². The molecule has 4 nitrogen and oxygen atoms in total. The number of nitrogens with zero attached hydrogens (tertiary/aromatic N) is 4. The Morgan fingerprint density at radius 1 is 0.154 bits per heavy atom. The molecule has 4 aromatic heterocycles. The number of pyridine rings is 4. The maximum Gasteiger partial charge on any atom is 0.0794 e. The van der Waals surface area contributed by atoms with Gasteiger partial charge in [0.05, 0.1) is 27.9 Å². The second-order valence-corrected chi connectivity index (χ2v) is 26.4. The van der Waals surface area contributed by atoms with Crippen molar-refractivity contribution in [2.24, 2.45) is 0 Å². The van der Waals surface area contributed by atoms with Crippen LogP contribution in [0.5, 0.6) is 0 Å². The molecule has 0 fully saturated rings. The van der Waals surface area contributed by atoms with Crippen molar-refractivity contribution in [3.05, 3.63) is 401 Å². The number of hydrogen-bond acceptors (Lipinski definition) is 4. The van der Waals surface area contributed by atoms with Gasteiger partial charge in [0.25, 0.3) is 0 Å². The summed E-state index contributed by atoms with van der Waals surface area (Å²) in [7, 11) is 0. The van der Waals surface area contributed by atoms with Crippen molar-refractivity contribution in [3.8, 4) is 134 Å². The van der Waals surface area contributed by atoms with Gasteiger partial charge in [-0.2, -0.15) is 0 Å². The fourth-order valence-corrected chi connectivity index (χ4v) is 14.8. The summed E-state index contributed by atoms with van der Waals surface area (Å²) < 4.78 is 0. The lowest BCUT2D eigenvalue weighted by atomic mass is 9.90. The summed E-state index contributed by atoms with van der Waals surface area (Å²) in [5.74, 6) is 0. The van der Waals surface area contributed by atoms with Gasteiger partial charge in [-0.15, -0.1) is 0 Å². The van der Waals surface area contributed by atoms with Crippen LogP contribution in [-0.4, -0.2) is 19.9 Å². The van der Waals surface area contributed by atoms with E-state index in [0.717, 1.165) is 105 Å². The molecule has 0 spiro atoms. The maximum absolute atomic E-state index is 5.44. The predicted molar refractivity (Wildman–Crippen MR) is 437 cm³/mol. The van der Waals surface area contributed by atoms with E-state index in [1.807, 2.05) is 24.7 Å². The average Bonchev–Trinajstić information content (AvgIpc) is 0.743. The molecule has 19 aromatic rings. The average molecular weight is 1320 g/mol. The van der Waals surface area contributed by atoms with Crippen molar-refractivity contribution in [1.82, 2.24) is 19.9 Å². The van der Waals surface area contributed by atoms with Gasteiger partial charge in [-0.1, -0.05) is 334 Å². The molecule has 4 heteroatoms. The van der Waals surface area contributed by atoms with E-state index in [2.05, 4.69) is 386 Å². The largest absolute Gasteiger partial charge is 0.265 e. The highest BCUT2D eigenvalue weighted by molar-refractivity contribution is 6.18. The first-order chi connectivity index (χ1) is 51.5. The summed E-state index contributed by atoms with van der Waals surface area (Å²) in [5.41, 5.74) is 30.7. The number of aromatic nitrogens is 4. The van der Waals surface area contributed by atoms with Crippen LogP contribution in [0.4, 0.5) is 0 Å². The molecule has 4 heterocycles. The summed E-state index contributed by atoms with van der Waals surface area (Å²) in [6.45, 7) is 0. The van der Waals surface area contributed by atoms with Gasteiger partial charge in [-0.3, -0.25) is 9.97 Å². The Labute approximate surface area is 604 Å². The third kappa shape index (κ3) is 12.3. The van der Waals surface area contributed by atoms with Gasteiger partial charge < -0.3 is 0 Å². The van der Waals surface area contributed by atoms with Gasteiger partial charge in [0.1, 0.15) is 0 Å². The van der Waals surface area contributed by atoms with E-state index in [4.69, 9.17) is 9.97 Å². The molecule has 0 aliphatic rings. The molecule has 0 aliphatic carbocycles. The smallest absolute Gasteiger partial charge is 0.0794 e. The quantitative estimate of drug-likeness (QED) is 0.114. The van der Waals surface area contributed by atoms with E-state index >= 15 is 0 Å². The molecular formula is C100H66N4. The second-order valence-electron chi connectivity index (χ2n) is 26.4. The third-order valence-corrected chi connectivity index (χ3v) is 20.2. The molecule has 15 aromatic carbocycles. The Morgan fingerprint density at radius 2 is 0.413 bits per heavy atom. The summed E-state index contributed by atoms with van der Waals surface area (Å²) in [6.07, 6.45) is 5.58. The fraction of sp³-hybridized carbons (Fsp3) is 0. The first kappa shape index (κ1) is 62.5. The molecule has 0 aliphatic heterocycles. The van der Waals surface area contributed by atoms with Gasteiger partial charge in [0.15, 0.2) is 0 Å². The van der Waals surface area contributed by atoms with Gasteiger partial charge in [-0.05, 0) is 171 Å². The highest BCUT2D eigenvalue weighted by atomic mass is 14.7. The van der Waals surface area contributed by atoms with Crippen LogP contribution >= 0.6 is 0 Å². The number of rotatable bonds is 12. The fourth-order valence-electron chi connectivity index (χ4n) is 14.8. The Bertz CT molecular complexity index is 6290. The molecule has 0 radical (unpaired) electrons. The van der Waals surface area contributed by atoms with Crippen LogP contribution in [0.2, 0.25) is 0 Å². The molecule has 0 bridgehead atoms. The van der Waals surface area contributed by atoms with Crippen molar-refractivity contribution in [2.45, 2.75) is 0 Å². The van der Waals surface area contributed by atoms with E-state index in [-0.39, 0.29) is 0 Å². The van der Waals surface area contributed by atoms with Crippen LogP contribution in [0.3, 0.4) is 0 Å².